The van der Waals surface area contributed by atoms with E-state index in [1.807, 2.05) is 52.0 Å². The van der Waals surface area contributed by atoms with Gasteiger partial charge in [0.15, 0.2) is 5.69 Å². The van der Waals surface area contributed by atoms with Crippen molar-refractivity contribution in [3.8, 4) is 11.9 Å². The second kappa shape index (κ2) is 7.31. The van der Waals surface area contributed by atoms with Crippen LogP contribution in [0.4, 0.5) is 11.4 Å². The van der Waals surface area contributed by atoms with Gasteiger partial charge >= 0.3 is 0 Å². The zero-order valence-electron chi connectivity index (χ0n) is 15.2. The van der Waals surface area contributed by atoms with E-state index >= 15 is 0 Å². The highest BCUT2D eigenvalue weighted by Crippen LogP contribution is 2.29. The minimum atomic E-state index is -0.447. The molecule has 0 aliphatic heterocycles. The highest BCUT2D eigenvalue weighted by Gasteiger charge is 2.19. The van der Waals surface area contributed by atoms with Gasteiger partial charge in [0.25, 0.3) is 5.56 Å². The molecule has 1 aromatic heterocycles. The lowest BCUT2D eigenvalue weighted by molar-refractivity contribution is 0.381. The Morgan fingerprint density at radius 1 is 1.16 bits per heavy atom. The fraction of sp³-hybridized carbons (Fsp3) is 0.368. The minimum Gasteiger partial charge on any atom is -0.493 e. The van der Waals surface area contributed by atoms with Gasteiger partial charge in [-0.25, -0.2) is 0 Å². The normalized spacial score (nSPS) is 11.2. The van der Waals surface area contributed by atoms with Gasteiger partial charge in [0.2, 0.25) is 5.88 Å². The van der Waals surface area contributed by atoms with Gasteiger partial charge in [-0.15, -0.1) is 10.2 Å². The summed E-state index contributed by atoms with van der Waals surface area (Å²) in [5, 5.41) is 28.0. The summed E-state index contributed by atoms with van der Waals surface area (Å²) in [5.41, 5.74) is 2.61. The van der Waals surface area contributed by atoms with Crippen LogP contribution in [0.1, 0.15) is 36.1 Å². The molecule has 25 heavy (non-hydrogen) atoms. The number of azo groups is 1. The summed E-state index contributed by atoms with van der Waals surface area (Å²) in [4.78, 5) is 12.7. The van der Waals surface area contributed by atoms with E-state index in [1.165, 1.54) is 4.57 Å². The standard InChI is InChI=1S/C19H22N4O2/c1-11(2)10-23-18(24)15(9-20)14(5)17(19(23)25)22-21-16-12(3)7-6-8-13(16)4/h6-8,11,24H,10H2,1-5H3. The van der Waals surface area contributed by atoms with Gasteiger partial charge in [0.05, 0.1) is 5.69 Å². The van der Waals surface area contributed by atoms with Crippen molar-refractivity contribution in [1.29, 1.82) is 5.26 Å². The maximum atomic E-state index is 12.7. The maximum Gasteiger partial charge on any atom is 0.281 e. The number of hydrogen-bond acceptors (Lipinski definition) is 5. The smallest absolute Gasteiger partial charge is 0.281 e. The number of pyridine rings is 1. The lowest BCUT2D eigenvalue weighted by atomic mass is 10.1. The largest absolute Gasteiger partial charge is 0.493 e. The monoisotopic (exact) mass is 338 g/mol. The molecule has 0 aliphatic carbocycles. The van der Waals surface area contributed by atoms with Crippen molar-refractivity contribution in [2.75, 3.05) is 0 Å². The molecule has 1 heterocycles. The first-order valence-electron chi connectivity index (χ1n) is 8.12. The summed E-state index contributed by atoms with van der Waals surface area (Å²) in [6.07, 6.45) is 0. The zero-order valence-corrected chi connectivity index (χ0v) is 15.2. The van der Waals surface area contributed by atoms with Crippen LogP contribution in [0.25, 0.3) is 0 Å². The number of hydrogen-bond donors (Lipinski definition) is 1. The van der Waals surface area contributed by atoms with Crippen molar-refractivity contribution in [2.45, 2.75) is 41.2 Å². The fourth-order valence-electron chi connectivity index (χ4n) is 2.66. The van der Waals surface area contributed by atoms with Gasteiger partial charge in [-0.3, -0.25) is 9.36 Å². The first-order valence-corrected chi connectivity index (χ1v) is 8.12. The third-order valence-corrected chi connectivity index (χ3v) is 4.01. The Balaban J connectivity index is 2.67. The van der Waals surface area contributed by atoms with Crippen LogP contribution >= 0.6 is 0 Å². The number of nitriles is 1. The van der Waals surface area contributed by atoms with Gasteiger partial charge in [0.1, 0.15) is 11.6 Å². The predicted molar refractivity (Wildman–Crippen MR) is 96.7 cm³/mol. The second-order valence-corrected chi connectivity index (χ2v) is 6.53. The van der Waals surface area contributed by atoms with Gasteiger partial charge in [0, 0.05) is 12.1 Å². The zero-order chi connectivity index (χ0) is 18.7. The van der Waals surface area contributed by atoms with Gasteiger partial charge < -0.3 is 5.11 Å². The Bertz CT molecular complexity index is 914. The summed E-state index contributed by atoms with van der Waals surface area (Å²) in [5.74, 6) is -0.189. The molecular weight excluding hydrogens is 316 g/mol. The van der Waals surface area contributed by atoms with Crippen molar-refractivity contribution >= 4 is 11.4 Å². The molecule has 0 unspecified atom stereocenters. The summed E-state index contributed by atoms with van der Waals surface area (Å²) < 4.78 is 1.19. The van der Waals surface area contributed by atoms with Crippen LogP contribution in [-0.2, 0) is 6.54 Å². The average Bonchev–Trinajstić information content (AvgIpc) is 2.54. The SMILES string of the molecule is Cc1cccc(C)c1N=Nc1c(C)c(C#N)c(O)n(CC(C)C)c1=O. The lowest BCUT2D eigenvalue weighted by Gasteiger charge is -2.14. The molecule has 130 valence electrons. The number of aryl methyl sites for hydroxylation is 2. The van der Waals surface area contributed by atoms with E-state index in [4.69, 9.17) is 0 Å². The molecular formula is C19H22N4O2. The van der Waals surface area contributed by atoms with E-state index in [0.717, 1.165) is 11.1 Å². The topological polar surface area (TPSA) is 90.7 Å². The molecule has 0 radical (unpaired) electrons. The van der Waals surface area contributed by atoms with Crippen LogP contribution in [0, 0.1) is 38.0 Å². The van der Waals surface area contributed by atoms with Crippen LogP contribution in [0.5, 0.6) is 5.88 Å². The first kappa shape index (κ1) is 18.4. The Morgan fingerprint density at radius 2 is 1.72 bits per heavy atom. The van der Waals surface area contributed by atoms with Crippen molar-refractivity contribution in [3.63, 3.8) is 0 Å². The molecule has 6 heteroatoms. The van der Waals surface area contributed by atoms with Crippen LogP contribution in [0.15, 0.2) is 33.2 Å². The molecule has 6 nitrogen and oxygen atoms in total. The van der Waals surface area contributed by atoms with Crippen molar-refractivity contribution in [3.05, 3.63) is 50.8 Å². The first-order chi connectivity index (χ1) is 11.8. The van der Waals surface area contributed by atoms with Crippen LogP contribution in [0.3, 0.4) is 0 Å². The lowest BCUT2D eigenvalue weighted by Crippen LogP contribution is -2.24. The molecule has 0 bridgehead atoms. The second-order valence-electron chi connectivity index (χ2n) is 6.53. The third-order valence-electron chi connectivity index (χ3n) is 4.01. The Hall–Kier alpha value is -2.94. The van der Waals surface area contributed by atoms with E-state index in [2.05, 4.69) is 10.2 Å². The number of benzene rings is 1. The highest BCUT2D eigenvalue weighted by atomic mass is 16.3. The molecule has 0 spiro atoms. The molecule has 1 aromatic carbocycles. The number of aromatic hydroxyl groups is 1. The van der Waals surface area contributed by atoms with Crippen molar-refractivity contribution in [1.82, 2.24) is 4.57 Å². The molecule has 0 saturated carbocycles. The molecule has 0 atom stereocenters. The Labute approximate surface area is 147 Å². The predicted octanol–water partition coefficient (Wildman–Crippen LogP) is 4.42. The van der Waals surface area contributed by atoms with Crippen molar-refractivity contribution in [2.24, 2.45) is 16.1 Å². The summed E-state index contributed by atoms with van der Waals surface area (Å²) in [6.45, 7) is 9.58. The van der Waals surface area contributed by atoms with Gasteiger partial charge in [-0.2, -0.15) is 5.26 Å². The molecule has 2 rings (SSSR count). The molecule has 0 fully saturated rings. The summed E-state index contributed by atoms with van der Waals surface area (Å²) >= 11 is 0. The van der Waals surface area contributed by atoms with Gasteiger partial charge in [-0.1, -0.05) is 32.0 Å². The fourth-order valence-corrected chi connectivity index (χ4v) is 2.66. The Morgan fingerprint density at radius 3 is 2.24 bits per heavy atom. The molecule has 2 aromatic rings. The molecule has 0 saturated heterocycles. The van der Waals surface area contributed by atoms with Crippen molar-refractivity contribution < 1.29 is 5.11 Å². The maximum absolute atomic E-state index is 12.7. The molecule has 1 N–H and O–H groups in total. The van der Waals surface area contributed by atoms with Gasteiger partial charge in [-0.05, 0) is 37.8 Å². The van der Waals surface area contributed by atoms with E-state index in [0.29, 0.717) is 17.8 Å². The minimum absolute atomic E-state index is 0.0516. The highest BCUT2D eigenvalue weighted by molar-refractivity contribution is 5.57. The van der Waals surface area contributed by atoms with E-state index < -0.39 is 5.56 Å². The number of aromatic nitrogens is 1. The molecule has 0 aliphatic rings. The quantitative estimate of drug-likeness (QED) is 0.836. The van der Waals surface area contributed by atoms with E-state index in [-0.39, 0.29) is 23.0 Å². The average molecular weight is 338 g/mol. The van der Waals surface area contributed by atoms with Crippen LogP contribution < -0.4 is 5.56 Å². The van der Waals surface area contributed by atoms with E-state index in [9.17, 15) is 15.2 Å². The van der Waals surface area contributed by atoms with Crippen LogP contribution in [-0.4, -0.2) is 9.67 Å². The summed E-state index contributed by atoms with van der Waals surface area (Å²) in [6, 6.07) is 7.72. The third kappa shape index (κ3) is 3.61. The number of nitrogens with zero attached hydrogens (tertiary/aromatic N) is 4. The number of rotatable bonds is 4. The summed E-state index contributed by atoms with van der Waals surface area (Å²) in [7, 11) is 0. The van der Waals surface area contributed by atoms with E-state index in [1.54, 1.807) is 6.92 Å². The van der Waals surface area contributed by atoms with Crippen LogP contribution in [0.2, 0.25) is 0 Å². The molecule has 0 amide bonds. The Kier molecular flexibility index (Phi) is 5.38.